The summed E-state index contributed by atoms with van der Waals surface area (Å²) in [6.45, 7) is 3.35. The van der Waals surface area contributed by atoms with Crippen molar-refractivity contribution in [2.24, 2.45) is 11.8 Å². The summed E-state index contributed by atoms with van der Waals surface area (Å²) in [5, 5.41) is 16.8. The van der Waals surface area contributed by atoms with Gasteiger partial charge >= 0.3 is 0 Å². The Morgan fingerprint density at radius 2 is 2.25 bits per heavy atom. The van der Waals surface area contributed by atoms with E-state index in [0.29, 0.717) is 12.3 Å². The number of nitrogens with zero attached hydrogens (tertiary/aromatic N) is 1. The normalized spacial score (nSPS) is 21.5. The molecule has 0 spiro atoms. The second-order valence-electron chi connectivity index (χ2n) is 4.87. The molecule has 0 saturated carbocycles. The number of methoxy groups -OCH3 is 1. The van der Waals surface area contributed by atoms with Crippen molar-refractivity contribution in [3.63, 3.8) is 0 Å². The molecule has 2 atom stereocenters. The molecule has 7 nitrogen and oxygen atoms in total. The highest BCUT2D eigenvalue weighted by Gasteiger charge is 2.30. The quantitative estimate of drug-likeness (QED) is 0.642. The minimum absolute atomic E-state index is 0.170. The summed E-state index contributed by atoms with van der Waals surface area (Å²) in [6.07, 6.45) is 0. The van der Waals surface area contributed by atoms with E-state index in [0.717, 1.165) is 6.54 Å². The lowest BCUT2D eigenvalue weighted by molar-refractivity contribution is -0.384. The molecule has 0 bridgehead atoms. The molecule has 1 amide bonds. The van der Waals surface area contributed by atoms with Crippen molar-refractivity contribution in [1.82, 2.24) is 5.32 Å². The highest BCUT2D eigenvalue weighted by molar-refractivity contribution is 5.95. The van der Waals surface area contributed by atoms with Crippen LogP contribution in [0.1, 0.15) is 6.92 Å². The molecule has 20 heavy (non-hydrogen) atoms. The molecule has 1 aromatic carbocycles. The standard InChI is InChI=1S/C13H17N3O4/c1-8-6-14-7-10(8)13(17)15-11-4-3-9(20-2)5-12(11)16(18)19/h3-5,8,10,14H,6-7H2,1-2H3,(H,15,17). The Kier molecular flexibility index (Phi) is 4.19. The fourth-order valence-corrected chi connectivity index (χ4v) is 2.28. The van der Waals surface area contributed by atoms with Crippen LogP contribution in [0.2, 0.25) is 0 Å². The molecule has 1 fully saturated rings. The molecule has 108 valence electrons. The van der Waals surface area contributed by atoms with Gasteiger partial charge in [0.1, 0.15) is 11.4 Å². The second-order valence-corrected chi connectivity index (χ2v) is 4.87. The van der Waals surface area contributed by atoms with Gasteiger partial charge < -0.3 is 15.4 Å². The Balaban J connectivity index is 2.20. The van der Waals surface area contributed by atoms with Gasteiger partial charge in [0, 0.05) is 6.54 Å². The number of amides is 1. The SMILES string of the molecule is COc1ccc(NC(=O)C2CNCC2C)c([N+](=O)[O-])c1. The van der Waals surface area contributed by atoms with Crippen molar-refractivity contribution < 1.29 is 14.5 Å². The molecular weight excluding hydrogens is 262 g/mol. The fourth-order valence-electron chi connectivity index (χ4n) is 2.28. The number of nitrogens with one attached hydrogen (secondary N) is 2. The minimum atomic E-state index is -0.533. The summed E-state index contributed by atoms with van der Waals surface area (Å²) in [5.41, 5.74) is 0.0243. The van der Waals surface area contributed by atoms with E-state index in [1.165, 1.54) is 19.2 Å². The average Bonchev–Trinajstić information content (AvgIpc) is 2.85. The largest absolute Gasteiger partial charge is 0.496 e. The van der Waals surface area contributed by atoms with Crippen molar-refractivity contribution in [3.8, 4) is 5.75 Å². The van der Waals surface area contributed by atoms with Crippen LogP contribution in [-0.2, 0) is 4.79 Å². The molecule has 2 rings (SSSR count). The summed E-state index contributed by atoms with van der Waals surface area (Å²) in [7, 11) is 1.43. The number of hydrogen-bond acceptors (Lipinski definition) is 5. The molecule has 1 aliphatic heterocycles. The van der Waals surface area contributed by atoms with Crippen LogP contribution < -0.4 is 15.4 Å². The number of anilines is 1. The van der Waals surface area contributed by atoms with Crippen molar-refractivity contribution >= 4 is 17.3 Å². The zero-order valence-electron chi connectivity index (χ0n) is 11.4. The molecule has 2 N–H and O–H groups in total. The average molecular weight is 279 g/mol. The zero-order valence-corrected chi connectivity index (χ0v) is 11.4. The maximum Gasteiger partial charge on any atom is 0.296 e. The molecule has 2 unspecified atom stereocenters. The number of ether oxygens (including phenoxy) is 1. The number of hydrogen-bond donors (Lipinski definition) is 2. The van der Waals surface area contributed by atoms with Crippen LogP contribution in [0.4, 0.5) is 11.4 Å². The van der Waals surface area contributed by atoms with Gasteiger partial charge in [0.25, 0.3) is 5.69 Å². The van der Waals surface area contributed by atoms with Crippen LogP contribution in [0, 0.1) is 22.0 Å². The molecule has 0 radical (unpaired) electrons. The van der Waals surface area contributed by atoms with Crippen LogP contribution in [0.5, 0.6) is 5.75 Å². The van der Waals surface area contributed by atoms with Crippen LogP contribution in [-0.4, -0.2) is 31.0 Å². The molecule has 0 aliphatic carbocycles. The van der Waals surface area contributed by atoms with Crippen LogP contribution in [0.15, 0.2) is 18.2 Å². The predicted octanol–water partition coefficient (Wildman–Crippen LogP) is 1.40. The molecule has 1 aromatic rings. The van der Waals surface area contributed by atoms with Gasteiger partial charge in [-0.3, -0.25) is 14.9 Å². The Hall–Kier alpha value is -2.15. The number of benzene rings is 1. The predicted molar refractivity (Wildman–Crippen MR) is 73.8 cm³/mol. The van der Waals surface area contributed by atoms with E-state index in [1.54, 1.807) is 6.07 Å². The van der Waals surface area contributed by atoms with Gasteiger partial charge in [0.2, 0.25) is 5.91 Å². The molecule has 1 saturated heterocycles. The third-order valence-corrected chi connectivity index (χ3v) is 3.51. The number of rotatable bonds is 4. The maximum atomic E-state index is 12.1. The number of nitro groups is 1. The number of carbonyl (C=O) groups is 1. The summed E-state index contributed by atoms with van der Waals surface area (Å²) >= 11 is 0. The van der Waals surface area contributed by atoms with Crippen LogP contribution in [0.25, 0.3) is 0 Å². The van der Waals surface area contributed by atoms with Gasteiger partial charge in [0.05, 0.1) is 24.0 Å². The Bertz CT molecular complexity index is 532. The van der Waals surface area contributed by atoms with Crippen molar-refractivity contribution in [3.05, 3.63) is 28.3 Å². The van der Waals surface area contributed by atoms with E-state index in [-0.39, 0.29) is 29.1 Å². The summed E-state index contributed by atoms with van der Waals surface area (Å²) in [6, 6.07) is 4.37. The molecule has 0 aromatic heterocycles. The minimum Gasteiger partial charge on any atom is -0.496 e. The van der Waals surface area contributed by atoms with Crippen LogP contribution in [0.3, 0.4) is 0 Å². The first kappa shape index (κ1) is 14.3. The highest BCUT2D eigenvalue weighted by atomic mass is 16.6. The van der Waals surface area contributed by atoms with Gasteiger partial charge in [-0.25, -0.2) is 0 Å². The van der Waals surface area contributed by atoms with E-state index in [2.05, 4.69) is 10.6 Å². The van der Waals surface area contributed by atoms with Crippen LogP contribution >= 0.6 is 0 Å². The maximum absolute atomic E-state index is 12.1. The van der Waals surface area contributed by atoms with Gasteiger partial charge in [-0.2, -0.15) is 0 Å². The summed E-state index contributed by atoms with van der Waals surface area (Å²) in [4.78, 5) is 22.7. The molecule has 1 aliphatic rings. The van der Waals surface area contributed by atoms with E-state index < -0.39 is 4.92 Å². The topological polar surface area (TPSA) is 93.5 Å². The van der Waals surface area contributed by atoms with Gasteiger partial charge in [-0.15, -0.1) is 0 Å². The monoisotopic (exact) mass is 279 g/mol. The first-order valence-corrected chi connectivity index (χ1v) is 6.37. The lowest BCUT2D eigenvalue weighted by Crippen LogP contribution is -2.28. The lowest BCUT2D eigenvalue weighted by Gasteiger charge is -2.14. The van der Waals surface area contributed by atoms with Crippen molar-refractivity contribution in [1.29, 1.82) is 0 Å². The third-order valence-electron chi connectivity index (χ3n) is 3.51. The smallest absolute Gasteiger partial charge is 0.296 e. The number of nitro benzene ring substituents is 1. The van der Waals surface area contributed by atoms with Crippen molar-refractivity contribution in [2.45, 2.75) is 6.92 Å². The summed E-state index contributed by atoms with van der Waals surface area (Å²) in [5.74, 6) is 0.227. The molecular formula is C13H17N3O4. The van der Waals surface area contributed by atoms with E-state index in [9.17, 15) is 14.9 Å². The van der Waals surface area contributed by atoms with E-state index in [4.69, 9.17) is 4.74 Å². The third kappa shape index (κ3) is 2.88. The lowest BCUT2D eigenvalue weighted by atomic mass is 9.97. The first-order valence-electron chi connectivity index (χ1n) is 6.37. The molecule has 7 heteroatoms. The Morgan fingerprint density at radius 1 is 1.50 bits per heavy atom. The van der Waals surface area contributed by atoms with Crippen molar-refractivity contribution in [2.75, 3.05) is 25.5 Å². The zero-order chi connectivity index (χ0) is 14.7. The van der Waals surface area contributed by atoms with E-state index in [1.807, 2.05) is 6.92 Å². The summed E-state index contributed by atoms with van der Waals surface area (Å²) < 4.78 is 4.95. The van der Waals surface area contributed by atoms with Gasteiger partial charge in [-0.1, -0.05) is 6.92 Å². The Morgan fingerprint density at radius 3 is 2.80 bits per heavy atom. The highest BCUT2D eigenvalue weighted by Crippen LogP contribution is 2.30. The van der Waals surface area contributed by atoms with Gasteiger partial charge in [0.15, 0.2) is 0 Å². The number of carbonyl (C=O) groups excluding carboxylic acids is 1. The fraction of sp³-hybridized carbons (Fsp3) is 0.462. The first-order chi connectivity index (χ1) is 9.52. The second kappa shape index (κ2) is 5.87. The Labute approximate surface area is 116 Å². The molecule has 1 heterocycles. The van der Waals surface area contributed by atoms with E-state index >= 15 is 0 Å². The van der Waals surface area contributed by atoms with Gasteiger partial charge in [-0.05, 0) is 24.6 Å².